The van der Waals surface area contributed by atoms with Crippen molar-refractivity contribution in [2.75, 3.05) is 24.2 Å². The molecule has 0 radical (unpaired) electrons. The molecule has 1 fully saturated rings. The van der Waals surface area contributed by atoms with Crippen molar-refractivity contribution >= 4 is 44.3 Å². The Morgan fingerprint density at radius 3 is 2.58 bits per heavy atom. The molecule has 0 atom stereocenters. The van der Waals surface area contributed by atoms with Crippen molar-refractivity contribution in [1.82, 2.24) is 9.29 Å². The molecule has 0 bridgehead atoms. The van der Waals surface area contributed by atoms with Gasteiger partial charge in [-0.05, 0) is 67.1 Å². The first-order valence-corrected chi connectivity index (χ1v) is 13.6. The average molecular weight is 484 g/mol. The number of hydrogen-bond acceptors (Lipinski definition) is 5. The van der Waals surface area contributed by atoms with Crippen molar-refractivity contribution in [2.45, 2.75) is 49.5 Å². The topological polar surface area (TPSA) is 79.4 Å². The van der Waals surface area contributed by atoms with Gasteiger partial charge in [-0.25, -0.2) is 13.4 Å². The second-order valence-electron chi connectivity index (χ2n) is 8.65. The van der Waals surface area contributed by atoms with Gasteiger partial charge in [0.15, 0.2) is 0 Å². The lowest BCUT2D eigenvalue weighted by Crippen LogP contribution is -2.27. The largest absolute Gasteiger partial charge is 0.325 e. The summed E-state index contributed by atoms with van der Waals surface area (Å²) in [5.74, 6) is 0.476. The molecule has 0 saturated carbocycles. The van der Waals surface area contributed by atoms with Crippen LogP contribution in [-0.2, 0) is 14.8 Å². The maximum absolute atomic E-state index is 12.9. The van der Waals surface area contributed by atoms with E-state index in [0.29, 0.717) is 23.9 Å². The first-order valence-electron chi connectivity index (χ1n) is 11.2. The predicted molar refractivity (Wildman–Crippen MR) is 134 cm³/mol. The fraction of sp³-hybridized carbons (Fsp3) is 0.360. The highest BCUT2D eigenvalue weighted by molar-refractivity contribution is 7.99. The number of fused-ring (bicyclic) bond motifs is 1. The van der Waals surface area contributed by atoms with E-state index in [9.17, 15) is 13.2 Å². The van der Waals surface area contributed by atoms with Crippen LogP contribution >= 0.6 is 11.8 Å². The summed E-state index contributed by atoms with van der Waals surface area (Å²) < 4.78 is 27.4. The Morgan fingerprint density at radius 1 is 1.12 bits per heavy atom. The summed E-state index contributed by atoms with van der Waals surface area (Å²) in [6.45, 7) is 7.31. The number of nitrogens with one attached hydrogen (secondary N) is 1. The molecule has 1 N–H and O–H groups in total. The smallest absolute Gasteiger partial charge is 0.243 e. The Morgan fingerprint density at radius 2 is 1.85 bits per heavy atom. The van der Waals surface area contributed by atoms with Crippen LogP contribution in [0.3, 0.4) is 0 Å². The van der Waals surface area contributed by atoms with Gasteiger partial charge in [-0.2, -0.15) is 4.31 Å². The van der Waals surface area contributed by atoms with E-state index < -0.39 is 10.0 Å². The Kier molecular flexibility index (Phi) is 7.07. The lowest BCUT2D eigenvalue weighted by molar-refractivity contribution is -0.113. The average Bonchev–Trinajstić information content (AvgIpc) is 3.34. The number of hydrogen-bond donors (Lipinski definition) is 1. The third-order valence-corrected chi connectivity index (χ3v) is 8.68. The fourth-order valence-corrected chi connectivity index (χ4v) is 6.41. The molecule has 8 heteroatoms. The van der Waals surface area contributed by atoms with Crippen molar-refractivity contribution in [3.8, 4) is 0 Å². The maximum atomic E-state index is 12.9. The molecule has 4 rings (SSSR count). The highest BCUT2D eigenvalue weighted by Crippen LogP contribution is 2.29. The maximum Gasteiger partial charge on any atom is 0.243 e. The van der Waals surface area contributed by atoms with Crippen LogP contribution in [-0.4, -0.2) is 42.5 Å². The second-order valence-corrected chi connectivity index (χ2v) is 11.6. The van der Waals surface area contributed by atoms with E-state index >= 15 is 0 Å². The molecule has 33 heavy (non-hydrogen) atoms. The van der Waals surface area contributed by atoms with Gasteiger partial charge in [0.1, 0.15) is 0 Å². The zero-order chi connectivity index (χ0) is 23.6. The van der Waals surface area contributed by atoms with Gasteiger partial charge in [-0.3, -0.25) is 4.79 Å². The Hall–Kier alpha value is -2.42. The number of aromatic nitrogens is 1. The SMILES string of the molecule is Cc1cc(SCC(=O)Nc2ccccc2C(C)C)nc2ccc(S(=O)(=O)N3CCCC3)cc12. The first kappa shape index (κ1) is 23.7. The van der Waals surface area contributed by atoms with Crippen LogP contribution in [0.4, 0.5) is 5.69 Å². The highest BCUT2D eigenvalue weighted by Gasteiger charge is 2.27. The van der Waals surface area contributed by atoms with Crippen molar-refractivity contribution in [2.24, 2.45) is 0 Å². The molecule has 0 aliphatic carbocycles. The molecule has 0 unspecified atom stereocenters. The number of carbonyl (C=O) groups is 1. The number of pyridine rings is 1. The molecule has 6 nitrogen and oxygen atoms in total. The van der Waals surface area contributed by atoms with Gasteiger partial charge in [0.25, 0.3) is 0 Å². The summed E-state index contributed by atoms with van der Waals surface area (Å²) in [5.41, 5.74) is 3.61. The molecular formula is C25H29N3O3S2. The van der Waals surface area contributed by atoms with Gasteiger partial charge >= 0.3 is 0 Å². The summed E-state index contributed by atoms with van der Waals surface area (Å²) in [4.78, 5) is 17.5. The van der Waals surface area contributed by atoms with Gasteiger partial charge in [0, 0.05) is 24.2 Å². The minimum absolute atomic E-state index is 0.0836. The molecule has 1 aromatic heterocycles. The van der Waals surface area contributed by atoms with Gasteiger partial charge in [0.2, 0.25) is 15.9 Å². The van der Waals surface area contributed by atoms with Crippen molar-refractivity contribution in [3.63, 3.8) is 0 Å². The number of carbonyl (C=O) groups excluding carboxylic acids is 1. The summed E-state index contributed by atoms with van der Waals surface area (Å²) in [6, 6.07) is 14.9. The predicted octanol–water partition coefficient (Wildman–Crippen LogP) is 5.18. The van der Waals surface area contributed by atoms with Crippen LogP contribution < -0.4 is 5.32 Å². The van der Waals surface area contributed by atoms with Crippen molar-refractivity contribution in [1.29, 1.82) is 0 Å². The highest BCUT2D eigenvalue weighted by atomic mass is 32.2. The zero-order valence-corrected chi connectivity index (χ0v) is 20.8. The second kappa shape index (κ2) is 9.83. The molecular weight excluding hydrogens is 454 g/mol. The summed E-state index contributed by atoms with van der Waals surface area (Å²) in [5, 5.41) is 4.56. The normalized spacial score (nSPS) is 14.8. The number of benzene rings is 2. The van der Waals surface area contributed by atoms with E-state index in [1.807, 2.05) is 37.3 Å². The molecule has 174 valence electrons. The summed E-state index contributed by atoms with van der Waals surface area (Å²) >= 11 is 1.37. The van der Waals surface area contributed by atoms with Crippen LogP contribution in [0.2, 0.25) is 0 Å². The van der Waals surface area contributed by atoms with E-state index in [-0.39, 0.29) is 11.7 Å². The molecule has 1 saturated heterocycles. The Labute approximate surface area is 199 Å². The molecule has 0 spiro atoms. The Bertz CT molecular complexity index is 1280. The number of nitrogens with zero attached hydrogens (tertiary/aromatic N) is 2. The van der Waals surface area contributed by atoms with Crippen molar-refractivity contribution in [3.05, 3.63) is 59.7 Å². The van der Waals surface area contributed by atoms with Gasteiger partial charge < -0.3 is 5.32 Å². The zero-order valence-electron chi connectivity index (χ0n) is 19.2. The quantitative estimate of drug-likeness (QED) is 0.468. The van der Waals surface area contributed by atoms with Crippen LogP contribution in [0.1, 0.15) is 43.7 Å². The lowest BCUT2D eigenvalue weighted by atomic mass is 10.0. The third kappa shape index (κ3) is 5.23. The lowest BCUT2D eigenvalue weighted by Gasteiger charge is -2.16. The molecule has 1 aliphatic rings. The van der Waals surface area contributed by atoms with E-state index in [2.05, 4.69) is 24.1 Å². The van der Waals surface area contributed by atoms with Crippen LogP contribution in [0.15, 0.2) is 58.5 Å². The molecule has 1 amide bonds. The first-order chi connectivity index (χ1) is 15.8. The number of thioether (sulfide) groups is 1. The summed E-state index contributed by atoms with van der Waals surface area (Å²) in [6.07, 6.45) is 1.81. The Balaban J connectivity index is 1.49. The van der Waals surface area contributed by atoms with E-state index in [1.54, 1.807) is 22.5 Å². The molecule has 2 heterocycles. The number of aryl methyl sites for hydroxylation is 1. The van der Waals surface area contributed by atoms with Crippen LogP contribution in [0.25, 0.3) is 10.9 Å². The van der Waals surface area contributed by atoms with E-state index in [1.165, 1.54) is 11.8 Å². The molecule has 1 aliphatic heterocycles. The van der Waals surface area contributed by atoms with Crippen molar-refractivity contribution < 1.29 is 13.2 Å². The third-order valence-electron chi connectivity index (χ3n) is 5.87. The van der Waals surface area contributed by atoms with E-state index in [4.69, 9.17) is 0 Å². The monoisotopic (exact) mass is 483 g/mol. The fourth-order valence-electron chi connectivity index (χ4n) is 4.09. The molecule has 3 aromatic rings. The number of sulfonamides is 1. The number of amides is 1. The molecule has 2 aromatic carbocycles. The minimum Gasteiger partial charge on any atom is -0.325 e. The van der Waals surface area contributed by atoms with Gasteiger partial charge in [-0.15, -0.1) is 0 Å². The van der Waals surface area contributed by atoms with E-state index in [0.717, 1.165) is 45.6 Å². The minimum atomic E-state index is -3.47. The summed E-state index contributed by atoms with van der Waals surface area (Å²) in [7, 11) is -3.47. The number of anilines is 1. The number of para-hydroxylation sites is 1. The van der Waals surface area contributed by atoms with Crippen LogP contribution in [0, 0.1) is 6.92 Å². The van der Waals surface area contributed by atoms with Crippen LogP contribution in [0.5, 0.6) is 0 Å². The van der Waals surface area contributed by atoms with Gasteiger partial charge in [0.05, 0.1) is 21.2 Å². The standard InChI is InChI=1S/C25H29N3O3S2/c1-17(2)20-8-4-5-9-22(20)26-24(29)16-32-25-14-18(3)21-15-19(10-11-23(21)27-25)33(30,31)28-12-6-7-13-28/h4-5,8-11,14-15,17H,6-7,12-13,16H2,1-3H3,(H,26,29). The van der Waals surface area contributed by atoms with Gasteiger partial charge in [-0.1, -0.05) is 43.8 Å². The number of rotatable bonds is 7.